The van der Waals surface area contributed by atoms with Crippen molar-refractivity contribution < 1.29 is 51.5 Å². The molecule has 0 heterocycles. The summed E-state index contributed by atoms with van der Waals surface area (Å²) in [5, 5.41) is 33.3. The molecule has 5 N–H and O–H groups in total. The van der Waals surface area contributed by atoms with Gasteiger partial charge in [0.05, 0.1) is 37.1 Å². The fourth-order valence-corrected chi connectivity index (χ4v) is 4.83. The molecule has 9 atom stereocenters. The first-order chi connectivity index (χ1) is 14.5. The smallest absolute Gasteiger partial charge is 0.396 e. The first-order valence-corrected chi connectivity index (χ1v) is 11.4. The summed E-state index contributed by atoms with van der Waals surface area (Å²) in [6, 6.07) is -0.437. The zero-order valence-corrected chi connectivity index (χ0v) is 18.6. The number of hydrogen-bond acceptors (Lipinski definition) is 10. The lowest BCUT2D eigenvalue weighted by molar-refractivity contribution is -0.211. The largest absolute Gasteiger partial charge is 0.397 e. The third-order valence-electron chi connectivity index (χ3n) is 6.05. The molecule has 9 unspecified atom stereocenters. The van der Waals surface area contributed by atoms with Gasteiger partial charge in [0.1, 0.15) is 12.2 Å². The van der Waals surface area contributed by atoms with Gasteiger partial charge in [-0.1, -0.05) is 0 Å². The SMILES string of the molecule is COC1CC(COS(=O)(=O)O)C(OC2CC(CO)C(O)C(OC)C2O)CC1NC(C)=O. The molecule has 0 aliphatic heterocycles. The molecular formula is C18H33NO11S. The highest BCUT2D eigenvalue weighted by Crippen LogP contribution is 2.35. The minimum atomic E-state index is -4.68. The van der Waals surface area contributed by atoms with Crippen LogP contribution < -0.4 is 5.32 Å². The maximum Gasteiger partial charge on any atom is 0.397 e. The van der Waals surface area contributed by atoms with Gasteiger partial charge in [0.2, 0.25) is 5.91 Å². The van der Waals surface area contributed by atoms with Gasteiger partial charge in [0.25, 0.3) is 0 Å². The van der Waals surface area contributed by atoms with E-state index in [1.54, 1.807) is 0 Å². The van der Waals surface area contributed by atoms with Crippen molar-refractivity contribution in [1.82, 2.24) is 5.32 Å². The first-order valence-electron chi connectivity index (χ1n) is 10.1. The van der Waals surface area contributed by atoms with E-state index in [9.17, 15) is 28.5 Å². The number of hydrogen-bond donors (Lipinski definition) is 5. The van der Waals surface area contributed by atoms with Crippen LogP contribution >= 0.6 is 0 Å². The van der Waals surface area contributed by atoms with E-state index < -0.39 is 71.5 Å². The maximum atomic E-state index is 11.6. The molecule has 0 aromatic carbocycles. The van der Waals surface area contributed by atoms with Crippen LogP contribution in [0.3, 0.4) is 0 Å². The normalized spacial score (nSPS) is 39.3. The number of aliphatic hydroxyl groups excluding tert-OH is 3. The van der Waals surface area contributed by atoms with Crippen molar-refractivity contribution in [3.63, 3.8) is 0 Å². The topological polar surface area (TPSA) is 181 Å². The van der Waals surface area contributed by atoms with Crippen molar-refractivity contribution in [2.24, 2.45) is 11.8 Å². The Morgan fingerprint density at radius 2 is 1.65 bits per heavy atom. The fourth-order valence-electron chi connectivity index (χ4n) is 4.48. The van der Waals surface area contributed by atoms with Gasteiger partial charge in [-0.2, -0.15) is 8.42 Å². The molecule has 13 heteroatoms. The van der Waals surface area contributed by atoms with E-state index in [-0.39, 0.29) is 31.8 Å². The van der Waals surface area contributed by atoms with Gasteiger partial charge in [-0.25, -0.2) is 4.18 Å². The summed E-state index contributed by atoms with van der Waals surface area (Å²) >= 11 is 0. The lowest BCUT2D eigenvalue weighted by Crippen LogP contribution is -2.59. The van der Waals surface area contributed by atoms with Gasteiger partial charge >= 0.3 is 10.4 Å². The Hall–Kier alpha value is -0.900. The lowest BCUT2D eigenvalue weighted by Gasteiger charge is -2.46. The molecular weight excluding hydrogens is 438 g/mol. The summed E-state index contributed by atoms with van der Waals surface area (Å²) in [6.07, 6.45) is -4.62. The van der Waals surface area contributed by atoms with Crippen molar-refractivity contribution in [2.45, 2.75) is 68.9 Å². The summed E-state index contributed by atoms with van der Waals surface area (Å²) in [5.74, 6) is -1.42. The standard InChI is InChI=1S/C18H33NO11S/c1-9(21)19-12-6-13(11(5-14(12)27-2)8-29-31(24,25)26)30-15-4-10(7-20)16(22)18(28-3)17(15)23/h10-18,20,22-23H,4-8H2,1-3H3,(H,19,21)(H,24,25,26). The number of carbonyl (C=O) groups excluding carboxylic acids is 1. The van der Waals surface area contributed by atoms with Crippen molar-refractivity contribution in [3.8, 4) is 0 Å². The monoisotopic (exact) mass is 471 g/mol. The van der Waals surface area contributed by atoms with E-state index in [1.165, 1.54) is 21.1 Å². The van der Waals surface area contributed by atoms with Gasteiger partial charge in [-0.3, -0.25) is 9.35 Å². The molecule has 0 spiro atoms. The van der Waals surface area contributed by atoms with Gasteiger partial charge in [0.15, 0.2) is 0 Å². The molecule has 31 heavy (non-hydrogen) atoms. The van der Waals surface area contributed by atoms with Crippen molar-refractivity contribution in [3.05, 3.63) is 0 Å². The average Bonchev–Trinajstić information content (AvgIpc) is 2.68. The number of ether oxygens (including phenoxy) is 3. The van der Waals surface area contributed by atoms with E-state index in [2.05, 4.69) is 9.50 Å². The molecule has 12 nitrogen and oxygen atoms in total. The molecule has 0 radical (unpaired) electrons. The minimum Gasteiger partial charge on any atom is -0.396 e. The van der Waals surface area contributed by atoms with Crippen LogP contribution in [0.5, 0.6) is 0 Å². The van der Waals surface area contributed by atoms with Crippen LogP contribution in [0, 0.1) is 11.8 Å². The van der Waals surface area contributed by atoms with Crippen molar-refractivity contribution >= 4 is 16.3 Å². The average molecular weight is 472 g/mol. The van der Waals surface area contributed by atoms with Crippen molar-refractivity contribution in [1.29, 1.82) is 0 Å². The van der Waals surface area contributed by atoms with Crippen LogP contribution in [0.25, 0.3) is 0 Å². The molecule has 2 saturated carbocycles. The molecule has 182 valence electrons. The van der Waals surface area contributed by atoms with Gasteiger partial charge in [0, 0.05) is 39.6 Å². The number of aliphatic hydroxyl groups is 3. The molecule has 0 aromatic rings. The molecule has 0 aromatic heterocycles. The van der Waals surface area contributed by atoms with E-state index in [0.717, 1.165) is 0 Å². The maximum absolute atomic E-state index is 11.6. The number of amides is 1. The molecule has 2 rings (SSSR count). The van der Waals surface area contributed by atoms with Crippen LogP contribution in [0.4, 0.5) is 0 Å². The summed E-state index contributed by atoms with van der Waals surface area (Å²) in [7, 11) is -1.89. The Labute approximate surface area is 181 Å². The van der Waals surface area contributed by atoms with Crippen LogP contribution in [0.2, 0.25) is 0 Å². The van der Waals surface area contributed by atoms with Crippen LogP contribution in [-0.4, -0.2) is 104 Å². The number of carbonyl (C=O) groups is 1. The molecule has 0 bridgehead atoms. The highest BCUT2D eigenvalue weighted by atomic mass is 32.3. The Morgan fingerprint density at radius 1 is 1.00 bits per heavy atom. The third kappa shape index (κ3) is 7.04. The van der Waals surface area contributed by atoms with E-state index in [0.29, 0.717) is 0 Å². The zero-order chi connectivity index (χ0) is 23.3. The van der Waals surface area contributed by atoms with Gasteiger partial charge in [-0.05, 0) is 19.3 Å². The summed E-state index contributed by atoms with van der Waals surface area (Å²) in [4.78, 5) is 11.6. The summed E-state index contributed by atoms with van der Waals surface area (Å²) in [6.45, 7) is 0.629. The van der Waals surface area contributed by atoms with E-state index >= 15 is 0 Å². The van der Waals surface area contributed by atoms with Gasteiger partial charge < -0.3 is 34.8 Å². The highest BCUT2D eigenvalue weighted by Gasteiger charge is 2.47. The Bertz CT molecular complexity index is 690. The van der Waals surface area contributed by atoms with Crippen molar-refractivity contribution in [2.75, 3.05) is 27.4 Å². The number of rotatable bonds is 9. The Kier molecular flexibility index (Phi) is 9.60. The third-order valence-corrected chi connectivity index (χ3v) is 6.48. The molecule has 0 saturated heterocycles. The molecule has 2 fully saturated rings. The summed E-state index contributed by atoms with van der Waals surface area (Å²) in [5.41, 5.74) is 0. The second-order valence-corrected chi connectivity index (χ2v) is 9.19. The van der Waals surface area contributed by atoms with Gasteiger partial charge in [-0.15, -0.1) is 0 Å². The molecule has 2 aliphatic carbocycles. The second-order valence-electron chi connectivity index (χ2n) is 8.10. The van der Waals surface area contributed by atoms with E-state index in [4.69, 9.17) is 18.8 Å². The predicted molar refractivity (Wildman–Crippen MR) is 105 cm³/mol. The second kappa shape index (κ2) is 11.3. The lowest BCUT2D eigenvalue weighted by atomic mass is 9.79. The molecule has 2 aliphatic rings. The molecule has 1 amide bonds. The number of nitrogens with one attached hydrogen (secondary N) is 1. The van der Waals surface area contributed by atoms with Crippen LogP contribution in [0.1, 0.15) is 26.2 Å². The zero-order valence-electron chi connectivity index (χ0n) is 17.8. The minimum absolute atomic E-state index is 0.138. The first kappa shape index (κ1) is 26.4. The Morgan fingerprint density at radius 3 is 2.16 bits per heavy atom. The summed E-state index contributed by atoms with van der Waals surface area (Å²) < 4.78 is 52.4. The Balaban J connectivity index is 2.22. The fraction of sp³-hybridized carbons (Fsp3) is 0.944. The van der Waals surface area contributed by atoms with Crippen LogP contribution in [0.15, 0.2) is 0 Å². The van der Waals surface area contributed by atoms with E-state index in [1.807, 2.05) is 0 Å². The predicted octanol–water partition coefficient (Wildman–Crippen LogP) is -1.76. The highest BCUT2D eigenvalue weighted by molar-refractivity contribution is 7.80. The van der Waals surface area contributed by atoms with Crippen LogP contribution in [-0.2, 0) is 33.6 Å². The quantitative estimate of drug-likeness (QED) is 0.240. The number of methoxy groups -OCH3 is 2.